The van der Waals surface area contributed by atoms with Crippen LogP contribution in [0, 0.1) is 0 Å². The lowest BCUT2D eigenvalue weighted by Crippen LogP contribution is -2.57. The molecule has 0 aliphatic heterocycles. The molecule has 0 saturated heterocycles. The van der Waals surface area contributed by atoms with Gasteiger partial charge in [0.25, 0.3) is 0 Å². The van der Waals surface area contributed by atoms with Gasteiger partial charge in [0, 0.05) is 47.0 Å². The smallest absolute Gasteiger partial charge is 0.326 e. The van der Waals surface area contributed by atoms with Crippen molar-refractivity contribution < 1.29 is 29.1 Å². The molecular formula is C33H42N8O6. The number of hydrogen-bond acceptors (Lipinski definition) is 7. The van der Waals surface area contributed by atoms with E-state index in [0.717, 1.165) is 27.4 Å². The third kappa shape index (κ3) is 9.40. The number of rotatable bonds is 18. The first kappa shape index (κ1) is 34.7. The summed E-state index contributed by atoms with van der Waals surface area (Å²) in [6.45, 7) is 0.378. The predicted molar refractivity (Wildman–Crippen MR) is 177 cm³/mol. The zero-order valence-electron chi connectivity index (χ0n) is 26.0. The van der Waals surface area contributed by atoms with Gasteiger partial charge in [-0.15, -0.1) is 0 Å². The molecule has 4 amide bonds. The number of carbonyl (C=O) groups excluding carboxylic acids is 4. The van der Waals surface area contributed by atoms with Crippen LogP contribution in [0.1, 0.15) is 43.2 Å². The highest BCUT2D eigenvalue weighted by atomic mass is 16.4. The maximum Gasteiger partial charge on any atom is 0.326 e. The van der Waals surface area contributed by atoms with Crippen molar-refractivity contribution in [3.63, 3.8) is 0 Å². The van der Waals surface area contributed by atoms with Gasteiger partial charge >= 0.3 is 5.97 Å². The average molecular weight is 647 g/mol. The van der Waals surface area contributed by atoms with Crippen LogP contribution < -0.4 is 33.2 Å². The topological polar surface area (TPSA) is 251 Å². The largest absolute Gasteiger partial charge is 0.480 e. The van der Waals surface area contributed by atoms with Crippen molar-refractivity contribution in [3.8, 4) is 0 Å². The van der Waals surface area contributed by atoms with E-state index < -0.39 is 53.8 Å². The number of benzene rings is 2. The van der Waals surface area contributed by atoms with Gasteiger partial charge < -0.3 is 48.2 Å². The van der Waals surface area contributed by atoms with Gasteiger partial charge in [-0.25, -0.2) is 4.79 Å². The molecule has 12 N–H and O–H groups in total. The Morgan fingerprint density at radius 2 is 1.23 bits per heavy atom. The molecule has 4 atom stereocenters. The van der Waals surface area contributed by atoms with E-state index in [4.69, 9.17) is 17.2 Å². The number of primary amides is 1. The number of H-pyrrole nitrogens is 2. The van der Waals surface area contributed by atoms with Crippen molar-refractivity contribution in [3.05, 3.63) is 72.1 Å². The van der Waals surface area contributed by atoms with Crippen molar-refractivity contribution in [2.45, 2.75) is 69.1 Å². The van der Waals surface area contributed by atoms with E-state index in [9.17, 15) is 29.1 Å². The molecule has 2 aromatic carbocycles. The highest BCUT2D eigenvalue weighted by molar-refractivity contribution is 5.95. The first-order valence-electron chi connectivity index (χ1n) is 15.5. The number of aromatic nitrogens is 2. The molecule has 4 aromatic rings. The molecular weight excluding hydrogens is 604 g/mol. The van der Waals surface area contributed by atoms with Crippen molar-refractivity contribution in [2.75, 3.05) is 6.54 Å². The summed E-state index contributed by atoms with van der Waals surface area (Å²) in [7, 11) is 0. The molecule has 0 radical (unpaired) electrons. The highest BCUT2D eigenvalue weighted by Gasteiger charge is 2.31. The monoisotopic (exact) mass is 646 g/mol. The second-order valence-electron chi connectivity index (χ2n) is 11.5. The lowest BCUT2D eigenvalue weighted by Gasteiger charge is -2.25. The van der Waals surface area contributed by atoms with Crippen LogP contribution in [-0.4, -0.2) is 75.4 Å². The molecule has 4 unspecified atom stereocenters. The fourth-order valence-electron chi connectivity index (χ4n) is 5.49. The zero-order chi connectivity index (χ0) is 33.9. The third-order valence-electron chi connectivity index (χ3n) is 8.06. The number of carboxylic acid groups (broad SMARTS) is 1. The molecule has 0 aliphatic carbocycles. The van der Waals surface area contributed by atoms with Crippen LogP contribution in [-0.2, 0) is 36.8 Å². The summed E-state index contributed by atoms with van der Waals surface area (Å²) in [4.78, 5) is 70.4. The SMILES string of the molecule is NCCCCC(NC(=O)C(Cc1c[nH]c2ccccc12)NC(=O)C(CCC(N)=O)NC(=O)C(N)Cc1c[nH]c2ccccc12)C(=O)O. The van der Waals surface area contributed by atoms with E-state index in [-0.39, 0.29) is 32.1 Å². The summed E-state index contributed by atoms with van der Waals surface area (Å²) < 4.78 is 0. The summed E-state index contributed by atoms with van der Waals surface area (Å²) in [5.41, 5.74) is 20.4. The van der Waals surface area contributed by atoms with Gasteiger partial charge in [-0.2, -0.15) is 0 Å². The van der Waals surface area contributed by atoms with E-state index in [2.05, 4.69) is 25.9 Å². The minimum absolute atomic E-state index is 0.00723. The number of fused-ring (bicyclic) bond motifs is 2. The van der Waals surface area contributed by atoms with E-state index in [1.54, 1.807) is 12.4 Å². The molecule has 14 heteroatoms. The van der Waals surface area contributed by atoms with Crippen LogP contribution in [0.4, 0.5) is 0 Å². The predicted octanol–water partition coefficient (Wildman–Crippen LogP) is 0.695. The van der Waals surface area contributed by atoms with E-state index >= 15 is 0 Å². The van der Waals surface area contributed by atoms with Crippen molar-refractivity contribution in [1.82, 2.24) is 25.9 Å². The number of nitrogens with one attached hydrogen (secondary N) is 5. The Morgan fingerprint density at radius 3 is 1.81 bits per heavy atom. The Kier molecular flexibility index (Phi) is 12.1. The Morgan fingerprint density at radius 1 is 0.702 bits per heavy atom. The summed E-state index contributed by atoms with van der Waals surface area (Å²) in [6.07, 6.45) is 4.50. The van der Waals surface area contributed by atoms with Crippen molar-refractivity contribution >= 4 is 51.4 Å². The number of hydrogen-bond donors (Lipinski definition) is 9. The number of unbranched alkanes of at least 4 members (excludes halogenated alkanes) is 1. The molecule has 4 rings (SSSR count). The maximum absolute atomic E-state index is 13.7. The maximum atomic E-state index is 13.7. The molecule has 14 nitrogen and oxygen atoms in total. The molecule has 0 aliphatic rings. The van der Waals surface area contributed by atoms with Crippen molar-refractivity contribution in [1.29, 1.82) is 0 Å². The Bertz CT molecular complexity index is 1720. The fourth-order valence-corrected chi connectivity index (χ4v) is 5.49. The molecule has 2 heterocycles. The van der Waals surface area contributed by atoms with Gasteiger partial charge in [-0.3, -0.25) is 19.2 Å². The van der Waals surface area contributed by atoms with Gasteiger partial charge in [-0.1, -0.05) is 36.4 Å². The number of aliphatic carboxylic acids is 1. The van der Waals surface area contributed by atoms with Gasteiger partial charge in [0.15, 0.2) is 0 Å². The number of carboxylic acids is 1. The first-order valence-corrected chi connectivity index (χ1v) is 15.5. The van der Waals surface area contributed by atoms with Gasteiger partial charge in [0.2, 0.25) is 23.6 Å². The number of para-hydroxylation sites is 2. The van der Waals surface area contributed by atoms with Gasteiger partial charge in [-0.05, 0) is 61.9 Å². The first-order chi connectivity index (χ1) is 22.6. The summed E-state index contributed by atoms with van der Waals surface area (Å²) in [5, 5.41) is 19.3. The minimum atomic E-state index is -1.26. The van der Waals surface area contributed by atoms with Gasteiger partial charge in [0.1, 0.15) is 18.1 Å². The molecule has 2 aromatic heterocycles. The summed E-state index contributed by atoms with van der Waals surface area (Å²) >= 11 is 0. The number of amides is 4. The van der Waals surface area contributed by atoms with E-state index in [1.807, 2.05) is 48.5 Å². The highest BCUT2D eigenvalue weighted by Crippen LogP contribution is 2.20. The molecule has 0 bridgehead atoms. The average Bonchev–Trinajstić information content (AvgIpc) is 3.65. The van der Waals surface area contributed by atoms with Crippen LogP contribution in [0.25, 0.3) is 21.8 Å². The normalized spacial score (nSPS) is 13.8. The molecule has 0 spiro atoms. The summed E-state index contributed by atoms with van der Waals surface area (Å²) in [6, 6.07) is 10.2. The van der Waals surface area contributed by atoms with Crippen molar-refractivity contribution in [2.24, 2.45) is 17.2 Å². The van der Waals surface area contributed by atoms with Crippen LogP contribution >= 0.6 is 0 Å². The van der Waals surface area contributed by atoms with Crippen LogP contribution in [0.5, 0.6) is 0 Å². The second-order valence-corrected chi connectivity index (χ2v) is 11.5. The van der Waals surface area contributed by atoms with E-state index in [1.165, 1.54) is 0 Å². The Balaban J connectivity index is 1.53. The molecule has 47 heavy (non-hydrogen) atoms. The Hall–Kier alpha value is -5.21. The van der Waals surface area contributed by atoms with Crippen LogP contribution in [0.2, 0.25) is 0 Å². The molecule has 0 saturated carbocycles. The summed E-state index contributed by atoms with van der Waals surface area (Å²) in [5.74, 6) is -4.02. The molecule has 0 fully saturated rings. The van der Waals surface area contributed by atoms with Crippen LogP contribution in [0.15, 0.2) is 60.9 Å². The lowest BCUT2D eigenvalue weighted by molar-refractivity contribution is -0.142. The molecule has 250 valence electrons. The minimum Gasteiger partial charge on any atom is -0.480 e. The zero-order valence-corrected chi connectivity index (χ0v) is 26.0. The number of nitrogens with two attached hydrogens (primary N) is 3. The number of aromatic amines is 2. The lowest BCUT2D eigenvalue weighted by atomic mass is 10.0. The fraction of sp³-hybridized carbons (Fsp3) is 0.364. The Labute approximate surface area is 271 Å². The quantitative estimate of drug-likeness (QED) is 0.0694. The van der Waals surface area contributed by atoms with Gasteiger partial charge in [0.05, 0.1) is 6.04 Å². The van der Waals surface area contributed by atoms with Crippen LogP contribution in [0.3, 0.4) is 0 Å². The standard InChI is InChI=1S/C33H42N8O6/c34-14-6-5-11-27(33(46)47)40-32(45)28(16-20-18-38-25-10-4-2-8-22(20)25)41-31(44)26(12-13-29(36)42)39-30(43)23(35)15-19-17-37-24-9-3-1-7-21(19)24/h1-4,7-10,17-18,23,26-28,37-38H,5-6,11-16,34-35H2,(H2,36,42)(H,39,43)(H,40,45)(H,41,44)(H,46,47). The van der Waals surface area contributed by atoms with E-state index in [0.29, 0.717) is 24.9 Å². The second kappa shape index (κ2) is 16.4. The third-order valence-corrected chi connectivity index (χ3v) is 8.06. The number of carbonyl (C=O) groups is 5.